The van der Waals surface area contributed by atoms with Crippen LogP contribution in [0.25, 0.3) is 0 Å². The molecule has 0 aromatic heterocycles. The Kier molecular flexibility index (Phi) is 4.47. The third-order valence-electron chi connectivity index (χ3n) is 2.95. The van der Waals surface area contributed by atoms with Gasteiger partial charge in [0.15, 0.2) is 0 Å². The predicted octanol–water partition coefficient (Wildman–Crippen LogP) is 1.60. The van der Waals surface area contributed by atoms with E-state index in [2.05, 4.69) is 28.8 Å². The predicted molar refractivity (Wildman–Crippen MR) is 65.4 cm³/mol. The summed E-state index contributed by atoms with van der Waals surface area (Å²) in [5.74, 6) is 4.01. The molecule has 0 aromatic rings. The van der Waals surface area contributed by atoms with Crippen LogP contribution in [-0.4, -0.2) is 48.3 Å². The Balaban J connectivity index is 1.54. The molecule has 1 aliphatic carbocycles. The lowest BCUT2D eigenvalue weighted by molar-refractivity contribution is 0.0177. The standard InChI is InChI=1S/C10H19NOS2/c1-12-9-4-8(5-9)11-6-10-7-13-2-3-14-10/h8-11H,2-7H2,1H3. The van der Waals surface area contributed by atoms with Crippen LogP contribution in [0.5, 0.6) is 0 Å². The van der Waals surface area contributed by atoms with Crippen LogP contribution in [0.2, 0.25) is 0 Å². The van der Waals surface area contributed by atoms with Crippen LogP contribution >= 0.6 is 23.5 Å². The highest BCUT2D eigenvalue weighted by Crippen LogP contribution is 2.26. The molecule has 1 saturated carbocycles. The number of nitrogens with one attached hydrogen (secondary N) is 1. The molecule has 2 fully saturated rings. The molecule has 2 aliphatic rings. The van der Waals surface area contributed by atoms with Crippen LogP contribution in [0.3, 0.4) is 0 Å². The summed E-state index contributed by atoms with van der Waals surface area (Å²) in [4.78, 5) is 0. The smallest absolute Gasteiger partial charge is 0.0601 e. The molecular weight excluding hydrogens is 214 g/mol. The maximum absolute atomic E-state index is 5.26. The van der Waals surface area contributed by atoms with Gasteiger partial charge in [-0.2, -0.15) is 23.5 Å². The van der Waals surface area contributed by atoms with Gasteiger partial charge in [-0.25, -0.2) is 0 Å². The minimum Gasteiger partial charge on any atom is -0.381 e. The molecule has 82 valence electrons. The van der Waals surface area contributed by atoms with Crippen LogP contribution in [-0.2, 0) is 4.74 Å². The highest BCUT2D eigenvalue weighted by Gasteiger charge is 2.29. The summed E-state index contributed by atoms with van der Waals surface area (Å²) in [5, 5.41) is 4.48. The second kappa shape index (κ2) is 5.64. The van der Waals surface area contributed by atoms with E-state index in [0.717, 1.165) is 11.3 Å². The van der Waals surface area contributed by atoms with Crippen LogP contribution in [0.1, 0.15) is 12.8 Å². The monoisotopic (exact) mass is 233 g/mol. The maximum Gasteiger partial charge on any atom is 0.0601 e. The van der Waals surface area contributed by atoms with E-state index in [1.54, 1.807) is 0 Å². The first-order valence-corrected chi connectivity index (χ1v) is 7.54. The van der Waals surface area contributed by atoms with Crippen molar-refractivity contribution in [2.24, 2.45) is 0 Å². The Morgan fingerprint density at radius 3 is 2.86 bits per heavy atom. The maximum atomic E-state index is 5.26. The van der Waals surface area contributed by atoms with Crippen molar-refractivity contribution in [3.8, 4) is 0 Å². The van der Waals surface area contributed by atoms with E-state index in [1.165, 1.54) is 36.6 Å². The van der Waals surface area contributed by atoms with Gasteiger partial charge in [-0.15, -0.1) is 0 Å². The van der Waals surface area contributed by atoms with Crippen LogP contribution in [0, 0.1) is 0 Å². The first-order chi connectivity index (χ1) is 6.88. The molecule has 14 heavy (non-hydrogen) atoms. The van der Waals surface area contributed by atoms with Gasteiger partial charge >= 0.3 is 0 Å². The second-order valence-electron chi connectivity index (χ2n) is 4.00. The average molecular weight is 233 g/mol. The zero-order chi connectivity index (χ0) is 9.80. The third kappa shape index (κ3) is 3.05. The molecular formula is C10H19NOS2. The number of methoxy groups -OCH3 is 1. The molecule has 0 spiro atoms. The zero-order valence-corrected chi connectivity index (χ0v) is 10.3. The summed E-state index contributed by atoms with van der Waals surface area (Å²) in [6.07, 6.45) is 2.95. The van der Waals surface area contributed by atoms with Gasteiger partial charge in [0.1, 0.15) is 0 Å². The average Bonchev–Trinajstić information content (AvgIpc) is 2.17. The Hall–Kier alpha value is 0.620. The zero-order valence-electron chi connectivity index (χ0n) is 8.70. The van der Waals surface area contributed by atoms with E-state index < -0.39 is 0 Å². The Morgan fingerprint density at radius 1 is 1.36 bits per heavy atom. The topological polar surface area (TPSA) is 21.3 Å². The fourth-order valence-electron chi connectivity index (χ4n) is 1.88. The molecule has 1 saturated heterocycles. The van der Waals surface area contributed by atoms with Gasteiger partial charge in [-0.3, -0.25) is 0 Å². The van der Waals surface area contributed by atoms with Gasteiger partial charge in [0.05, 0.1) is 6.10 Å². The lowest BCUT2D eigenvalue weighted by Gasteiger charge is -2.36. The van der Waals surface area contributed by atoms with Gasteiger partial charge in [0.25, 0.3) is 0 Å². The summed E-state index contributed by atoms with van der Waals surface area (Å²) in [5.41, 5.74) is 0. The molecule has 4 heteroatoms. The van der Waals surface area contributed by atoms with Gasteiger partial charge in [0, 0.05) is 42.2 Å². The van der Waals surface area contributed by atoms with Crippen molar-refractivity contribution in [2.75, 3.05) is 30.9 Å². The van der Waals surface area contributed by atoms with Gasteiger partial charge in [-0.1, -0.05) is 0 Å². The quantitative estimate of drug-likeness (QED) is 0.796. The number of hydrogen-bond acceptors (Lipinski definition) is 4. The lowest BCUT2D eigenvalue weighted by atomic mass is 9.89. The van der Waals surface area contributed by atoms with E-state index in [9.17, 15) is 0 Å². The fraction of sp³-hybridized carbons (Fsp3) is 1.00. The van der Waals surface area contributed by atoms with Gasteiger partial charge < -0.3 is 10.1 Å². The molecule has 1 N–H and O–H groups in total. The molecule has 0 radical (unpaired) electrons. The molecule has 1 heterocycles. The molecule has 0 aromatic carbocycles. The van der Waals surface area contributed by atoms with Crippen molar-refractivity contribution in [1.29, 1.82) is 0 Å². The third-order valence-corrected chi connectivity index (χ3v) is 5.79. The van der Waals surface area contributed by atoms with Crippen LogP contribution in [0.4, 0.5) is 0 Å². The number of thioether (sulfide) groups is 2. The summed E-state index contributed by atoms with van der Waals surface area (Å²) in [6, 6.07) is 0.729. The number of hydrogen-bond donors (Lipinski definition) is 1. The largest absolute Gasteiger partial charge is 0.381 e. The Bertz CT molecular complexity index is 168. The van der Waals surface area contributed by atoms with Crippen molar-refractivity contribution in [3.05, 3.63) is 0 Å². The minimum absolute atomic E-state index is 0.529. The van der Waals surface area contributed by atoms with Crippen molar-refractivity contribution in [3.63, 3.8) is 0 Å². The lowest BCUT2D eigenvalue weighted by Crippen LogP contribution is -2.47. The summed E-state index contributed by atoms with van der Waals surface area (Å²) >= 11 is 4.23. The summed E-state index contributed by atoms with van der Waals surface area (Å²) in [7, 11) is 1.81. The van der Waals surface area contributed by atoms with E-state index >= 15 is 0 Å². The van der Waals surface area contributed by atoms with Crippen molar-refractivity contribution in [2.45, 2.75) is 30.2 Å². The summed E-state index contributed by atoms with van der Waals surface area (Å²) in [6.45, 7) is 1.19. The molecule has 0 amide bonds. The normalized spacial score (nSPS) is 37.9. The van der Waals surface area contributed by atoms with Crippen molar-refractivity contribution in [1.82, 2.24) is 5.32 Å². The first-order valence-electron chi connectivity index (χ1n) is 5.34. The fourth-order valence-corrected chi connectivity index (χ4v) is 4.50. The Labute approximate surface area is 94.9 Å². The van der Waals surface area contributed by atoms with E-state index in [1.807, 2.05) is 7.11 Å². The van der Waals surface area contributed by atoms with E-state index in [4.69, 9.17) is 4.74 Å². The SMILES string of the molecule is COC1CC(NCC2CSCCS2)C1. The number of rotatable bonds is 4. The molecule has 1 aliphatic heterocycles. The van der Waals surface area contributed by atoms with Crippen molar-refractivity contribution >= 4 is 23.5 Å². The van der Waals surface area contributed by atoms with E-state index in [-0.39, 0.29) is 0 Å². The van der Waals surface area contributed by atoms with Crippen LogP contribution < -0.4 is 5.32 Å². The van der Waals surface area contributed by atoms with Gasteiger partial charge in [-0.05, 0) is 12.8 Å². The highest BCUT2D eigenvalue weighted by atomic mass is 32.2. The summed E-state index contributed by atoms with van der Waals surface area (Å²) < 4.78 is 5.26. The second-order valence-corrected chi connectivity index (χ2v) is 6.56. The van der Waals surface area contributed by atoms with Crippen molar-refractivity contribution < 1.29 is 4.74 Å². The van der Waals surface area contributed by atoms with Crippen LogP contribution in [0.15, 0.2) is 0 Å². The Morgan fingerprint density at radius 2 is 2.21 bits per heavy atom. The van der Waals surface area contributed by atoms with Gasteiger partial charge in [0.2, 0.25) is 0 Å². The molecule has 2 rings (SSSR count). The molecule has 0 bridgehead atoms. The minimum atomic E-state index is 0.529. The molecule has 1 atom stereocenters. The number of ether oxygens (including phenoxy) is 1. The molecule has 2 nitrogen and oxygen atoms in total. The highest BCUT2D eigenvalue weighted by molar-refractivity contribution is 8.06. The molecule has 1 unspecified atom stereocenters. The first kappa shape index (κ1) is 11.1. The van der Waals surface area contributed by atoms with E-state index in [0.29, 0.717) is 6.10 Å².